The Hall–Kier alpha value is -1.83. The fraction of sp³-hybridized carbons (Fsp3) is 0.783. The number of fused-ring (bicyclic) bond motifs is 2. The fourth-order valence-corrected chi connectivity index (χ4v) is 4.49. The molecule has 2 saturated heterocycles. The first kappa shape index (κ1) is 25.4. The number of hydrogen-bond donors (Lipinski definition) is 2. The highest BCUT2D eigenvalue weighted by molar-refractivity contribution is 5.84. The van der Waals surface area contributed by atoms with Gasteiger partial charge >= 0.3 is 11.9 Å². The molecule has 176 valence electrons. The van der Waals surface area contributed by atoms with Gasteiger partial charge in [-0.3, -0.25) is 9.59 Å². The summed E-state index contributed by atoms with van der Waals surface area (Å²) in [7, 11) is 0. The predicted octanol–water partition coefficient (Wildman–Crippen LogP) is 4.27. The van der Waals surface area contributed by atoms with E-state index in [-0.39, 0.29) is 55.0 Å². The summed E-state index contributed by atoms with van der Waals surface area (Å²) in [5.74, 6) is -5.44. The number of alkyl halides is 2. The molecule has 0 saturated carbocycles. The molecule has 0 aromatic carbocycles. The molecule has 0 aromatic rings. The number of carboxylic acids is 1. The van der Waals surface area contributed by atoms with E-state index in [1.54, 1.807) is 6.08 Å². The lowest BCUT2D eigenvalue weighted by molar-refractivity contribution is -0.165. The van der Waals surface area contributed by atoms with Crippen LogP contribution < -0.4 is 5.32 Å². The van der Waals surface area contributed by atoms with Gasteiger partial charge in [0.15, 0.2) is 0 Å². The number of ether oxygens (including phenoxy) is 1. The van der Waals surface area contributed by atoms with E-state index in [9.17, 15) is 23.2 Å². The minimum Gasteiger partial charge on any atom is -0.477 e. The normalized spacial score (nSPS) is 25.3. The maximum Gasteiger partial charge on any atom is 0.374 e. The molecule has 2 fully saturated rings. The van der Waals surface area contributed by atoms with Crippen molar-refractivity contribution in [3.8, 4) is 0 Å². The number of ketones is 1. The van der Waals surface area contributed by atoms with Crippen LogP contribution in [0.3, 0.4) is 0 Å². The average Bonchev–Trinajstić information content (AvgIpc) is 3.32. The Bertz CT molecular complexity index is 652. The summed E-state index contributed by atoms with van der Waals surface area (Å²) in [5, 5.41) is 11.4. The maximum absolute atomic E-state index is 13.1. The number of carbonyl (C=O) groups is 3. The lowest BCUT2D eigenvalue weighted by Crippen LogP contribution is -2.38. The van der Waals surface area contributed by atoms with Crippen LogP contribution >= 0.6 is 0 Å². The molecule has 0 aromatic heterocycles. The van der Waals surface area contributed by atoms with Gasteiger partial charge in [-0.05, 0) is 38.0 Å². The monoisotopic (exact) mass is 443 g/mol. The van der Waals surface area contributed by atoms with Crippen molar-refractivity contribution >= 4 is 17.7 Å². The summed E-state index contributed by atoms with van der Waals surface area (Å²) >= 11 is 0. The van der Waals surface area contributed by atoms with Crippen LogP contribution in [0.15, 0.2) is 12.2 Å². The van der Waals surface area contributed by atoms with E-state index in [4.69, 9.17) is 9.84 Å². The third-order valence-corrected chi connectivity index (χ3v) is 6.33. The number of Topliss-reactive ketones (excluding diaryl/α,β-unsaturated/α-hetero) is 1. The first-order chi connectivity index (χ1) is 14.7. The number of hydrogen-bond acceptors (Lipinski definition) is 4. The molecule has 6 nitrogen and oxygen atoms in total. The minimum atomic E-state index is -3.70. The largest absolute Gasteiger partial charge is 0.477 e. The molecule has 2 bridgehead atoms. The standard InChI is InChI=1S/C23H35F2NO5/c1-2-3-5-8-16(27)10-13-21(28)26-15-18-17(19-11-12-20(18)31-19)9-6-4-7-14-23(24,25)22(29)30/h4,6,17-20H,2-3,5,7-15H2,1H3,(H,26,28)(H,29,30)/t17-,18+,19-,20+/m1/s1. The van der Waals surface area contributed by atoms with Gasteiger partial charge in [0.05, 0.1) is 12.2 Å². The molecule has 8 heteroatoms. The topological polar surface area (TPSA) is 92.7 Å². The van der Waals surface area contributed by atoms with Gasteiger partial charge in [-0.25, -0.2) is 4.79 Å². The number of amides is 1. The number of carboxylic acid groups (broad SMARTS) is 1. The van der Waals surface area contributed by atoms with Gasteiger partial charge in [-0.15, -0.1) is 0 Å². The van der Waals surface area contributed by atoms with Gasteiger partial charge < -0.3 is 15.2 Å². The Morgan fingerprint density at radius 1 is 1.06 bits per heavy atom. The van der Waals surface area contributed by atoms with E-state index >= 15 is 0 Å². The number of unbranched alkanes of at least 4 members (excludes halogenated alkanes) is 2. The number of nitrogens with one attached hydrogen (secondary N) is 1. The van der Waals surface area contributed by atoms with E-state index in [1.807, 2.05) is 6.08 Å². The van der Waals surface area contributed by atoms with Crippen LogP contribution in [0.2, 0.25) is 0 Å². The molecule has 31 heavy (non-hydrogen) atoms. The fourth-order valence-electron chi connectivity index (χ4n) is 4.49. The minimum absolute atomic E-state index is 0.00530. The molecule has 2 heterocycles. The smallest absolute Gasteiger partial charge is 0.374 e. The molecule has 2 rings (SSSR count). The van der Waals surface area contributed by atoms with Crippen molar-refractivity contribution < 1.29 is 33.0 Å². The van der Waals surface area contributed by atoms with Crippen molar-refractivity contribution in [1.29, 1.82) is 0 Å². The molecule has 0 radical (unpaired) electrons. The van der Waals surface area contributed by atoms with Crippen LogP contribution in [-0.4, -0.2) is 47.4 Å². The van der Waals surface area contributed by atoms with Crippen molar-refractivity contribution in [2.45, 2.75) is 95.7 Å². The number of carbonyl (C=O) groups excluding carboxylic acids is 2. The highest BCUT2D eigenvalue weighted by Crippen LogP contribution is 2.44. The molecular formula is C23H35F2NO5. The third-order valence-electron chi connectivity index (χ3n) is 6.33. The number of aliphatic carboxylic acids is 1. The molecule has 2 aliphatic rings. The SMILES string of the molecule is CCCCCC(=O)CCC(=O)NC[C@H]1[C@@H](CC=CCCC(F)(F)C(=O)O)[C@H]2CC[C@@H]1O2. The first-order valence-electron chi connectivity index (χ1n) is 11.4. The zero-order valence-electron chi connectivity index (χ0n) is 18.3. The lowest BCUT2D eigenvalue weighted by atomic mass is 9.77. The summed E-state index contributed by atoms with van der Waals surface area (Å²) < 4.78 is 32.2. The van der Waals surface area contributed by atoms with Crippen LogP contribution in [0.5, 0.6) is 0 Å². The van der Waals surface area contributed by atoms with Gasteiger partial charge in [-0.1, -0.05) is 31.9 Å². The third kappa shape index (κ3) is 7.98. The van der Waals surface area contributed by atoms with Gasteiger partial charge in [0.25, 0.3) is 0 Å². The van der Waals surface area contributed by atoms with Crippen LogP contribution in [-0.2, 0) is 19.1 Å². The van der Waals surface area contributed by atoms with E-state index < -0.39 is 18.3 Å². The average molecular weight is 444 g/mol. The van der Waals surface area contributed by atoms with Crippen LogP contribution in [0.25, 0.3) is 0 Å². The second-order valence-electron chi connectivity index (χ2n) is 8.67. The van der Waals surface area contributed by atoms with Crippen molar-refractivity contribution in [2.24, 2.45) is 11.8 Å². The first-order valence-corrected chi connectivity index (χ1v) is 11.4. The van der Waals surface area contributed by atoms with Crippen LogP contribution in [0, 0.1) is 11.8 Å². The summed E-state index contributed by atoms with van der Waals surface area (Å²) in [6.07, 6.45) is 9.43. The van der Waals surface area contributed by atoms with Gasteiger partial charge in [-0.2, -0.15) is 8.78 Å². The molecular weight excluding hydrogens is 408 g/mol. The predicted molar refractivity (Wildman–Crippen MR) is 112 cm³/mol. The Kier molecular flexibility index (Phi) is 10.1. The quantitative estimate of drug-likeness (QED) is 0.291. The summed E-state index contributed by atoms with van der Waals surface area (Å²) in [4.78, 5) is 34.4. The summed E-state index contributed by atoms with van der Waals surface area (Å²) in [6.45, 7) is 2.57. The van der Waals surface area contributed by atoms with E-state index in [1.165, 1.54) is 0 Å². The Morgan fingerprint density at radius 2 is 1.77 bits per heavy atom. The van der Waals surface area contributed by atoms with Gasteiger partial charge in [0.1, 0.15) is 5.78 Å². The second kappa shape index (κ2) is 12.3. The maximum atomic E-state index is 13.1. The lowest BCUT2D eigenvalue weighted by Gasteiger charge is -2.27. The molecule has 4 atom stereocenters. The zero-order chi connectivity index (χ0) is 22.9. The van der Waals surface area contributed by atoms with Crippen LogP contribution in [0.1, 0.15) is 77.6 Å². The Labute approximate surface area is 182 Å². The van der Waals surface area contributed by atoms with Crippen LogP contribution in [0.4, 0.5) is 8.78 Å². The number of halogens is 2. The summed E-state index contributed by atoms with van der Waals surface area (Å²) in [6, 6.07) is 0. The van der Waals surface area contributed by atoms with E-state index in [2.05, 4.69) is 12.2 Å². The molecule has 0 aliphatic carbocycles. The van der Waals surface area contributed by atoms with Crippen molar-refractivity contribution in [3.63, 3.8) is 0 Å². The highest BCUT2D eigenvalue weighted by Gasteiger charge is 2.48. The molecule has 0 spiro atoms. The molecule has 0 unspecified atom stereocenters. The number of allylic oxidation sites excluding steroid dienone is 2. The molecule has 2 N–H and O–H groups in total. The van der Waals surface area contributed by atoms with Gasteiger partial charge in [0.2, 0.25) is 5.91 Å². The van der Waals surface area contributed by atoms with Crippen molar-refractivity contribution in [2.75, 3.05) is 6.54 Å². The summed E-state index contributed by atoms with van der Waals surface area (Å²) in [5.41, 5.74) is 0. The Morgan fingerprint density at radius 3 is 2.45 bits per heavy atom. The second-order valence-corrected chi connectivity index (χ2v) is 8.67. The van der Waals surface area contributed by atoms with E-state index in [0.29, 0.717) is 19.4 Å². The molecule has 1 amide bonds. The Balaban J connectivity index is 1.72. The van der Waals surface area contributed by atoms with Crippen molar-refractivity contribution in [3.05, 3.63) is 12.2 Å². The van der Waals surface area contributed by atoms with Gasteiger partial charge in [0, 0.05) is 38.1 Å². The van der Waals surface area contributed by atoms with Crippen molar-refractivity contribution in [1.82, 2.24) is 5.32 Å². The number of rotatable bonds is 15. The molecule has 2 aliphatic heterocycles. The zero-order valence-corrected chi connectivity index (χ0v) is 18.3. The highest BCUT2D eigenvalue weighted by atomic mass is 19.3. The van der Waals surface area contributed by atoms with E-state index in [0.717, 1.165) is 32.1 Å².